The summed E-state index contributed by atoms with van der Waals surface area (Å²) in [6, 6.07) is 8.76. The van der Waals surface area contributed by atoms with Crippen molar-refractivity contribution in [3.63, 3.8) is 0 Å². The van der Waals surface area contributed by atoms with Gasteiger partial charge in [0.05, 0.1) is 10.7 Å². The van der Waals surface area contributed by atoms with E-state index < -0.39 is 16.6 Å². The summed E-state index contributed by atoms with van der Waals surface area (Å²) in [5, 5.41) is 13.1. The largest absolute Gasteiger partial charge is 0.325 e. The number of nitrogens with zero attached hydrogens (tertiary/aromatic N) is 1. The summed E-state index contributed by atoms with van der Waals surface area (Å²) in [5.41, 5.74) is 0.343. The SMILES string of the molecule is O=C(CSc1ccc(F)c(F)c1)Nc1ccc([N+](=O)[O-])cc1. The Hall–Kier alpha value is -2.48. The molecule has 0 aliphatic rings. The number of benzene rings is 2. The second-order valence-electron chi connectivity index (χ2n) is 4.22. The van der Waals surface area contributed by atoms with E-state index in [-0.39, 0.29) is 17.3 Å². The van der Waals surface area contributed by atoms with Gasteiger partial charge in [-0.05, 0) is 30.3 Å². The molecule has 2 rings (SSSR count). The Balaban J connectivity index is 1.89. The standard InChI is InChI=1S/C14H10F2N2O3S/c15-12-6-5-11(7-13(12)16)22-8-14(19)17-9-1-3-10(4-2-9)18(20)21/h1-7H,8H2,(H,17,19). The summed E-state index contributed by atoms with van der Waals surface area (Å²) in [5.74, 6) is -2.27. The van der Waals surface area contributed by atoms with Crippen LogP contribution in [0.2, 0.25) is 0 Å². The number of non-ortho nitro benzene ring substituents is 1. The van der Waals surface area contributed by atoms with E-state index in [1.807, 2.05) is 0 Å². The maximum atomic E-state index is 13.0. The van der Waals surface area contributed by atoms with E-state index >= 15 is 0 Å². The molecule has 0 atom stereocenters. The highest BCUT2D eigenvalue weighted by Gasteiger charge is 2.08. The van der Waals surface area contributed by atoms with Crippen molar-refractivity contribution in [3.8, 4) is 0 Å². The van der Waals surface area contributed by atoms with Crippen molar-refractivity contribution < 1.29 is 18.5 Å². The van der Waals surface area contributed by atoms with Gasteiger partial charge in [0.1, 0.15) is 0 Å². The third kappa shape index (κ3) is 4.26. The van der Waals surface area contributed by atoms with Gasteiger partial charge in [-0.15, -0.1) is 11.8 Å². The molecule has 0 heterocycles. The molecule has 1 N–H and O–H groups in total. The molecule has 0 saturated carbocycles. The summed E-state index contributed by atoms with van der Waals surface area (Å²) < 4.78 is 25.8. The predicted molar refractivity (Wildman–Crippen MR) is 78.8 cm³/mol. The summed E-state index contributed by atoms with van der Waals surface area (Å²) in [4.78, 5) is 22.1. The third-order valence-corrected chi connectivity index (χ3v) is 3.62. The second kappa shape index (κ2) is 6.99. The van der Waals surface area contributed by atoms with Crippen molar-refractivity contribution >= 4 is 29.0 Å². The molecule has 0 spiro atoms. The zero-order valence-corrected chi connectivity index (χ0v) is 11.9. The van der Waals surface area contributed by atoms with Crippen LogP contribution in [-0.4, -0.2) is 16.6 Å². The quantitative estimate of drug-likeness (QED) is 0.518. The van der Waals surface area contributed by atoms with Crippen molar-refractivity contribution in [1.29, 1.82) is 0 Å². The fourth-order valence-corrected chi connectivity index (χ4v) is 2.30. The first-order valence-electron chi connectivity index (χ1n) is 6.08. The van der Waals surface area contributed by atoms with Gasteiger partial charge in [0, 0.05) is 22.7 Å². The molecule has 0 fully saturated rings. The van der Waals surface area contributed by atoms with Crippen LogP contribution in [-0.2, 0) is 4.79 Å². The smallest absolute Gasteiger partial charge is 0.269 e. The fraction of sp³-hybridized carbons (Fsp3) is 0.0714. The first-order chi connectivity index (χ1) is 10.5. The Morgan fingerprint density at radius 3 is 2.41 bits per heavy atom. The van der Waals surface area contributed by atoms with Crippen LogP contribution in [0, 0.1) is 21.7 Å². The number of thioether (sulfide) groups is 1. The molecular formula is C14H10F2N2O3S. The second-order valence-corrected chi connectivity index (χ2v) is 5.27. The molecular weight excluding hydrogens is 314 g/mol. The summed E-state index contributed by atoms with van der Waals surface area (Å²) in [6.07, 6.45) is 0. The zero-order valence-electron chi connectivity index (χ0n) is 11.1. The van der Waals surface area contributed by atoms with Crippen molar-refractivity contribution in [2.24, 2.45) is 0 Å². The Morgan fingerprint density at radius 1 is 1.14 bits per heavy atom. The van der Waals surface area contributed by atoms with E-state index in [2.05, 4.69) is 5.32 Å². The highest BCUT2D eigenvalue weighted by molar-refractivity contribution is 8.00. The minimum absolute atomic E-state index is 0.00204. The summed E-state index contributed by atoms with van der Waals surface area (Å²) in [6.45, 7) is 0. The zero-order chi connectivity index (χ0) is 16.1. The maximum Gasteiger partial charge on any atom is 0.269 e. The molecule has 0 aliphatic carbocycles. The fourth-order valence-electron chi connectivity index (χ4n) is 1.58. The number of nitrogens with one attached hydrogen (secondary N) is 1. The molecule has 8 heteroatoms. The number of nitro groups is 1. The van der Waals surface area contributed by atoms with Crippen LogP contribution >= 0.6 is 11.8 Å². The van der Waals surface area contributed by atoms with E-state index in [1.54, 1.807) is 0 Å². The first kappa shape index (κ1) is 15.9. The van der Waals surface area contributed by atoms with Crippen LogP contribution in [0.4, 0.5) is 20.2 Å². The Kier molecular flexibility index (Phi) is 5.05. The van der Waals surface area contributed by atoms with Gasteiger partial charge in [-0.3, -0.25) is 14.9 Å². The van der Waals surface area contributed by atoms with Gasteiger partial charge in [0.2, 0.25) is 5.91 Å². The van der Waals surface area contributed by atoms with E-state index in [4.69, 9.17) is 0 Å². The van der Waals surface area contributed by atoms with Crippen LogP contribution < -0.4 is 5.32 Å². The molecule has 0 unspecified atom stereocenters. The number of hydrogen-bond donors (Lipinski definition) is 1. The number of halogens is 2. The number of rotatable bonds is 5. The predicted octanol–water partition coefficient (Wildman–Crippen LogP) is 3.60. The molecule has 2 aromatic rings. The van der Waals surface area contributed by atoms with E-state index in [0.29, 0.717) is 10.6 Å². The molecule has 0 saturated heterocycles. The maximum absolute atomic E-state index is 13.0. The Bertz CT molecular complexity index is 708. The highest BCUT2D eigenvalue weighted by Crippen LogP contribution is 2.21. The number of amides is 1. The number of carbonyl (C=O) groups is 1. The van der Waals surface area contributed by atoms with Crippen LogP contribution in [0.15, 0.2) is 47.4 Å². The molecule has 0 aromatic heterocycles. The third-order valence-electron chi connectivity index (χ3n) is 2.62. The van der Waals surface area contributed by atoms with Gasteiger partial charge in [0.15, 0.2) is 11.6 Å². The molecule has 114 valence electrons. The molecule has 22 heavy (non-hydrogen) atoms. The van der Waals surface area contributed by atoms with Gasteiger partial charge in [-0.2, -0.15) is 0 Å². The van der Waals surface area contributed by atoms with Crippen molar-refractivity contribution in [2.45, 2.75) is 4.90 Å². The highest BCUT2D eigenvalue weighted by atomic mass is 32.2. The van der Waals surface area contributed by atoms with E-state index in [0.717, 1.165) is 23.9 Å². The van der Waals surface area contributed by atoms with Crippen LogP contribution in [0.5, 0.6) is 0 Å². The lowest BCUT2D eigenvalue weighted by Crippen LogP contribution is -2.13. The monoisotopic (exact) mass is 324 g/mol. The van der Waals surface area contributed by atoms with Gasteiger partial charge < -0.3 is 5.32 Å². The number of anilines is 1. The number of hydrogen-bond acceptors (Lipinski definition) is 4. The Morgan fingerprint density at radius 2 is 1.82 bits per heavy atom. The number of nitro benzene ring substituents is 1. The van der Waals surface area contributed by atoms with Gasteiger partial charge in [-0.25, -0.2) is 8.78 Å². The van der Waals surface area contributed by atoms with E-state index in [9.17, 15) is 23.7 Å². The molecule has 5 nitrogen and oxygen atoms in total. The van der Waals surface area contributed by atoms with Crippen LogP contribution in [0.25, 0.3) is 0 Å². The number of carbonyl (C=O) groups excluding carboxylic acids is 1. The topological polar surface area (TPSA) is 72.2 Å². The van der Waals surface area contributed by atoms with Crippen molar-refractivity contribution in [3.05, 3.63) is 64.2 Å². The molecule has 0 radical (unpaired) electrons. The molecule has 0 bridgehead atoms. The average molecular weight is 324 g/mol. The van der Waals surface area contributed by atoms with E-state index in [1.165, 1.54) is 30.3 Å². The minimum Gasteiger partial charge on any atom is -0.325 e. The lowest BCUT2D eigenvalue weighted by Gasteiger charge is -2.05. The lowest BCUT2D eigenvalue weighted by molar-refractivity contribution is -0.384. The Labute approximate surface area is 128 Å². The average Bonchev–Trinajstić information content (AvgIpc) is 2.49. The normalized spacial score (nSPS) is 10.3. The molecule has 0 aliphatic heterocycles. The lowest BCUT2D eigenvalue weighted by atomic mass is 10.3. The van der Waals surface area contributed by atoms with Crippen LogP contribution in [0.3, 0.4) is 0 Å². The van der Waals surface area contributed by atoms with Crippen LogP contribution in [0.1, 0.15) is 0 Å². The first-order valence-corrected chi connectivity index (χ1v) is 7.06. The van der Waals surface area contributed by atoms with Gasteiger partial charge >= 0.3 is 0 Å². The molecule has 2 aromatic carbocycles. The van der Waals surface area contributed by atoms with Crippen molar-refractivity contribution in [2.75, 3.05) is 11.1 Å². The summed E-state index contributed by atoms with van der Waals surface area (Å²) in [7, 11) is 0. The van der Waals surface area contributed by atoms with Crippen molar-refractivity contribution in [1.82, 2.24) is 0 Å². The van der Waals surface area contributed by atoms with Gasteiger partial charge in [-0.1, -0.05) is 0 Å². The molecule has 1 amide bonds. The minimum atomic E-state index is -0.972. The summed E-state index contributed by atoms with van der Waals surface area (Å²) >= 11 is 1.05. The van der Waals surface area contributed by atoms with Gasteiger partial charge in [0.25, 0.3) is 5.69 Å².